The maximum Gasteiger partial charge on any atom is -0.0292 e. The Labute approximate surface area is 96.8 Å². The van der Waals surface area contributed by atoms with E-state index in [0.29, 0.717) is 10.8 Å². The van der Waals surface area contributed by atoms with Crippen LogP contribution in [0.1, 0.15) is 80.1 Å². The van der Waals surface area contributed by atoms with Crippen molar-refractivity contribution in [2.75, 3.05) is 0 Å². The maximum absolute atomic E-state index is 2.39. The zero-order chi connectivity index (χ0) is 11.7. The van der Waals surface area contributed by atoms with E-state index in [1.807, 2.05) is 0 Å². The molecule has 15 heavy (non-hydrogen) atoms. The lowest BCUT2D eigenvalue weighted by Crippen LogP contribution is -2.15. The summed E-state index contributed by atoms with van der Waals surface area (Å²) in [4.78, 5) is 0. The predicted molar refractivity (Wildman–Crippen MR) is 69.0 cm³/mol. The highest BCUT2D eigenvalue weighted by molar-refractivity contribution is 4.95. The van der Waals surface area contributed by atoms with Gasteiger partial charge in [0, 0.05) is 0 Å². The standard InChI is InChI=1S/C15H30/c1-13(2,3)8-7-9-15(10-11-15)12-14(4,5)6/h7-12H2,1-6H3. The molecule has 0 N–H and O–H groups in total. The Morgan fingerprint density at radius 1 is 0.867 bits per heavy atom. The number of hydrogen-bond acceptors (Lipinski definition) is 0. The topological polar surface area (TPSA) is 0 Å². The fourth-order valence-electron chi connectivity index (χ4n) is 2.81. The number of rotatable bonds is 4. The third-order valence-corrected chi connectivity index (χ3v) is 3.50. The van der Waals surface area contributed by atoms with Gasteiger partial charge in [0.25, 0.3) is 0 Å². The van der Waals surface area contributed by atoms with E-state index in [9.17, 15) is 0 Å². The van der Waals surface area contributed by atoms with Crippen LogP contribution in [0, 0.1) is 16.2 Å². The summed E-state index contributed by atoms with van der Waals surface area (Å²) in [5.41, 5.74) is 1.81. The van der Waals surface area contributed by atoms with E-state index in [1.54, 1.807) is 0 Å². The minimum absolute atomic E-state index is 0.526. The molecule has 1 aliphatic carbocycles. The molecule has 90 valence electrons. The Hall–Kier alpha value is 0. The second kappa shape index (κ2) is 4.11. The molecule has 0 heteroatoms. The summed E-state index contributed by atoms with van der Waals surface area (Å²) in [5.74, 6) is 0. The lowest BCUT2D eigenvalue weighted by molar-refractivity contribution is 0.247. The highest BCUT2D eigenvalue weighted by atomic mass is 14.5. The van der Waals surface area contributed by atoms with Crippen LogP contribution in [0.3, 0.4) is 0 Å². The summed E-state index contributed by atoms with van der Waals surface area (Å²) in [6.07, 6.45) is 8.72. The van der Waals surface area contributed by atoms with E-state index in [-0.39, 0.29) is 0 Å². The average molecular weight is 210 g/mol. The fourth-order valence-corrected chi connectivity index (χ4v) is 2.81. The zero-order valence-electron chi connectivity index (χ0n) is 11.7. The molecule has 0 amide bonds. The second-order valence-corrected chi connectivity index (χ2v) is 8.15. The van der Waals surface area contributed by atoms with Gasteiger partial charge in [0.1, 0.15) is 0 Å². The molecule has 1 fully saturated rings. The van der Waals surface area contributed by atoms with Crippen LogP contribution in [0.15, 0.2) is 0 Å². The third kappa shape index (κ3) is 5.58. The SMILES string of the molecule is CC(C)(C)CCCC1(CC(C)(C)C)CC1. The molecule has 1 aliphatic rings. The van der Waals surface area contributed by atoms with Crippen LogP contribution >= 0.6 is 0 Å². The van der Waals surface area contributed by atoms with Crippen molar-refractivity contribution in [3.63, 3.8) is 0 Å². The first-order valence-corrected chi connectivity index (χ1v) is 6.62. The molecule has 0 heterocycles. The highest BCUT2D eigenvalue weighted by Gasteiger charge is 2.44. The van der Waals surface area contributed by atoms with Crippen molar-refractivity contribution in [1.29, 1.82) is 0 Å². The van der Waals surface area contributed by atoms with Crippen LogP contribution in [0.2, 0.25) is 0 Å². The molecule has 0 radical (unpaired) electrons. The average Bonchev–Trinajstić information content (AvgIpc) is 2.61. The minimum Gasteiger partial charge on any atom is -0.0602 e. The van der Waals surface area contributed by atoms with Crippen LogP contribution in [0.5, 0.6) is 0 Å². The van der Waals surface area contributed by atoms with Crippen molar-refractivity contribution >= 4 is 0 Å². The van der Waals surface area contributed by atoms with E-state index in [0.717, 1.165) is 5.41 Å². The molecule has 0 unspecified atom stereocenters. The Balaban J connectivity index is 2.27. The molecular weight excluding hydrogens is 180 g/mol. The molecule has 0 bridgehead atoms. The van der Waals surface area contributed by atoms with Gasteiger partial charge in [-0.05, 0) is 48.3 Å². The molecule has 0 nitrogen and oxygen atoms in total. The van der Waals surface area contributed by atoms with Crippen LogP contribution in [-0.2, 0) is 0 Å². The summed E-state index contributed by atoms with van der Waals surface area (Å²) in [6.45, 7) is 14.2. The van der Waals surface area contributed by atoms with E-state index in [4.69, 9.17) is 0 Å². The van der Waals surface area contributed by atoms with Crippen LogP contribution in [0.25, 0.3) is 0 Å². The van der Waals surface area contributed by atoms with Gasteiger partial charge in [-0.2, -0.15) is 0 Å². The Morgan fingerprint density at radius 3 is 1.73 bits per heavy atom. The zero-order valence-corrected chi connectivity index (χ0v) is 11.7. The Bertz CT molecular complexity index is 195. The first-order valence-electron chi connectivity index (χ1n) is 6.62. The van der Waals surface area contributed by atoms with Crippen molar-refractivity contribution < 1.29 is 0 Å². The largest absolute Gasteiger partial charge is 0.0602 e. The summed E-state index contributed by atoms with van der Waals surface area (Å²) in [7, 11) is 0. The molecule has 0 saturated heterocycles. The Kier molecular flexibility index (Phi) is 3.58. The third-order valence-electron chi connectivity index (χ3n) is 3.50. The summed E-state index contributed by atoms with van der Waals surface area (Å²) < 4.78 is 0. The van der Waals surface area contributed by atoms with Crippen molar-refractivity contribution in [3.8, 4) is 0 Å². The lowest BCUT2D eigenvalue weighted by atomic mass is 9.79. The molecular formula is C15H30. The van der Waals surface area contributed by atoms with Gasteiger partial charge in [-0.25, -0.2) is 0 Å². The molecule has 0 spiro atoms. The molecule has 0 aromatic rings. The van der Waals surface area contributed by atoms with Crippen LogP contribution in [0.4, 0.5) is 0 Å². The molecule has 0 aromatic carbocycles. The lowest BCUT2D eigenvalue weighted by Gasteiger charge is -2.27. The molecule has 0 aromatic heterocycles. The fraction of sp³-hybridized carbons (Fsp3) is 1.00. The second-order valence-electron chi connectivity index (χ2n) is 8.15. The smallest absolute Gasteiger partial charge is 0.0292 e. The Morgan fingerprint density at radius 2 is 1.40 bits per heavy atom. The van der Waals surface area contributed by atoms with Gasteiger partial charge in [-0.1, -0.05) is 48.0 Å². The first-order chi connectivity index (χ1) is 6.62. The van der Waals surface area contributed by atoms with Crippen LogP contribution < -0.4 is 0 Å². The van der Waals surface area contributed by atoms with Gasteiger partial charge in [0.15, 0.2) is 0 Å². The summed E-state index contributed by atoms with van der Waals surface area (Å²) in [6, 6.07) is 0. The molecule has 0 atom stereocenters. The van der Waals surface area contributed by atoms with Crippen molar-refractivity contribution in [2.45, 2.75) is 80.1 Å². The van der Waals surface area contributed by atoms with Gasteiger partial charge in [-0.3, -0.25) is 0 Å². The quantitative estimate of drug-likeness (QED) is 0.581. The first kappa shape index (κ1) is 13.1. The van der Waals surface area contributed by atoms with Gasteiger partial charge in [0.05, 0.1) is 0 Å². The van der Waals surface area contributed by atoms with Crippen molar-refractivity contribution in [3.05, 3.63) is 0 Å². The monoisotopic (exact) mass is 210 g/mol. The van der Waals surface area contributed by atoms with E-state index in [2.05, 4.69) is 41.5 Å². The van der Waals surface area contributed by atoms with Crippen LogP contribution in [-0.4, -0.2) is 0 Å². The van der Waals surface area contributed by atoms with Gasteiger partial charge < -0.3 is 0 Å². The minimum atomic E-state index is 0.526. The molecule has 1 rings (SSSR count). The van der Waals surface area contributed by atoms with Gasteiger partial charge in [-0.15, -0.1) is 0 Å². The highest BCUT2D eigenvalue weighted by Crippen LogP contribution is 2.56. The molecule has 1 saturated carbocycles. The van der Waals surface area contributed by atoms with Crippen molar-refractivity contribution in [1.82, 2.24) is 0 Å². The van der Waals surface area contributed by atoms with Crippen molar-refractivity contribution in [2.24, 2.45) is 16.2 Å². The predicted octanol–water partition coefficient (Wildman–Crippen LogP) is 5.42. The van der Waals surface area contributed by atoms with E-state index >= 15 is 0 Å². The van der Waals surface area contributed by atoms with Gasteiger partial charge >= 0.3 is 0 Å². The summed E-state index contributed by atoms with van der Waals surface area (Å²) >= 11 is 0. The normalized spacial score (nSPS) is 20.4. The van der Waals surface area contributed by atoms with E-state index in [1.165, 1.54) is 38.5 Å². The van der Waals surface area contributed by atoms with E-state index < -0.39 is 0 Å². The van der Waals surface area contributed by atoms with Gasteiger partial charge in [0.2, 0.25) is 0 Å². The number of hydrogen-bond donors (Lipinski definition) is 0. The maximum atomic E-state index is 2.39. The summed E-state index contributed by atoms with van der Waals surface area (Å²) in [5, 5.41) is 0. The molecule has 0 aliphatic heterocycles.